The van der Waals surface area contributed by atoms with Gasteiger partial charge in [-0.2, -0.15) is 0 Å². The van der Waals surface area contributed by atoms with E-state index in [1.807, 2.05) is 26.8 Å². The number of methoxy groups -OCH3 is 2. The minimum absolute atomic E-state index is 0.314. The molecule has 8 heteroatoms. The molecule has 2 rings (SSSR count). The Hall–Kier alpha value is -2.45. The maximum absolute atomic E-state index is 12.2. The summed E-state index contributed by atoms with van der Waals surface area (Å²) in [7, 11) is 2.69. The van der Waals surface area contributed by atoms with E-state index in [0.29, 0.717) is 26.9 Å². The quantitative estimate of drug-likeness (QED) is 0.566. The van der Waals surface area contributed by atoms with Crippen LogP contribution in [0, 0.1) is 13.8 Å². The fourth-order valence-corrected chi connectivity index (χ4v) is 4.08. The van der Waals surface area contributed by atoms with Gasteiger partial charge in [-0.3, -0.25) is 0 Å². The van der Waals surface area contributed by atoms with Crippen molar-refractivity contribution in [3.8, 4) is 0 Å². The highest BCUT2D eigenvalue weighted by molar-refractivity contribution is 7.80. The van der Waals surface area contributed by atoms with Crippen molar-refractivity contribution in [1.82, 2.24) is 0 Å². The van der Waals surface area contributed by atoms with Crippen LogP contribution in [0.15, 0.2) is 18.2 Å². The lowest BCUT2D eigenvalue weighted by Gasteiger charge is -2.13. The Bertz CT molecular complexity index is 890. The zero-order valence-corrected chi connectivity index (χ0v) is 17.5. The van der Waals surface area contributed by atoms with Crippen LogP contribution in [0.25, 0.3) is 0 Å². The van der Waals surface area contributed by atoms with Crippen molar-refractivity contribution in [2.45, 2.75) is 27.2 Å². The fraction of sp³-hybridized carbons (Fsp3) is 0.316. The van der Waals surface area contributed by atoms with Crippen LogP contribution in [0.4, 0.5) is 10.7 Å². The van der Waals surface area contributed by atoms with Gasteiger partial charge in [0.2, 0.25) is 0 Å². The molecule has 0 saturated heterocycles. The maximum Gasteiger partial charge on any atom is 0.341 e. The highest BCUT2D eigenvalue weighted by Crippen LogP contribution is 2.34. The number of thiocarbonyl (C=S) groups is 1. The van der Waals surface area contributed by atoms with Gasteiger partial charge in [0.05, 0.1) is 25.3 Å². The third-order valence-corrected chi connectivity index (χ3v) is 5.35. The molecule has 2 N–H and O–H groups in total. The second-order valence-corrected chi connectivity index (χ2v) is 7.42. The normalized spacial score (nSPS) is 10.3. The third kappa shape index (κ3) is 4.64. The van der Waals surface area contributed by atoms with E-state index >= 15 is 0 Å². The number of hydrogen-bond acceptors (Lipinski definition) is 6. The predicted octanol–water partition coefficient (Wildman–Crippen LogP) is 4.31. The molecule has 1 aromatic carbocycles. The summed E-state index contributed by atoms with van der Waals surface area (Å²) in [5, 5.41) is 7.11. The number of rotatable bonds is 5. The average molecular weight is 407 g/mol. The maximum atomic E-state index is 12.2. The number of ether oxygens (including phenoxy) is 2. The Labute approximate surface area is 167 Å². The van der Waals surface area contributed by atoms with Crippen LogP contribution < -0.4 is 10.6 Å². The Kier molecular flexibility index (Phi) is 6.92. The molecular weight excluding hydrogens is 384 g/mol. The summed E-state index contributed by atoms with van der Waals surface area (Å²) in [6, 6.07) is 5.17. The van der Waals surface area contributed by atoms with Crippen LogP contribution in [0.2, 0.25) is 0 Å². The van der Waals surface area contributed by atoms with Crippen molar-refractivity contribution >= 4 is 51.3 Å². The van der Waals surface area contributed by atoms with Crippen molar-refractivity contribution in [2.24, 2.45) is 0 Å². The number of aryl methyl sites for hydroxylation is 2. The van der Waals surface area contributed by atoms with Crippen LogP contribution >= 0.6 is 23.6 Å². The van der Waals surface area contributed by atoms with Crippen molar-refractivity contribution < 1.29 is 19.1 Å². The molecule has 144 valence electrons. The number of esters is 2. The molecule has 0 aliphatic heterocycles. The van der Waals surface area contributed by atoms with E-state index in [-0.39, 0.29) is 0 Å². The molecule has 0 radical (unpaired) electrons. The summed E-state index contributed by atoms with van der Waals surface area (Å²) in [6.07, 6.45) is 0.717. The third-order valence-electron chi connectivity index (χ3n) is 4.09. The van der Waals surface area contributed by atoms with E-state index in [0.717, 1.165) is 22.4 Å². The zero-order valence-electron chi connectivity index (χ0n) is 15.9. The Morgan fingerprint density at radius 1 is 1.11 bits per heavy atom. The van der Waals surface area contributed by atoms with E-state index < -0.39 is 11.9 Å². The molecule has 0 saturated carbocycles. The summed E-state index contributed by atoms with van der Waals surface area (Å²) in [4.78, 5) is 25.0. The van der Waals surface area contributed by atoms with E-state index in [1.54, 1.807) is 12.1 Å². The van der Waals surface area contributed by atoms with Crippen LogP contribution in [0.1, 0.15) is 43.6 Å². The van der Waals surface area contributed by atoms with Gasteiger partial charge in [0.25, 0.3) is 0 Å². The van der Waals surface area contributed by atoms with Crippen LogP contribution in [-0.4, -0.2) is 31.3 Å². The molecule has 0 aliphatic carbocycles. The molecule has 0 fully saturated rings. The highest BCUT2D eigenvalue weighted by atomic mass is 32.1. The summed E-state index contributed by atoms with van der Waals surface area (Å²) in [6.45, 7) is 5.85. The van der Waals surface area contributed by atoms with Gasteiger partial charge < -0.3 is 20.1 Å². The number of nitrogens with one attached hydrogen (secondary N) is 2. The van der Waals surface area contributed by atoms with Gasteiger partial charge >= 0.3 is 11.9 Å². The van der Waals surface area contributed by atoms with Gasteiger partial charge in [-0.25, -0.2) is 9.59 Å². The van der Waals surface area contributed by atoms with Gasteiger partial charge in [0.15, 0.2) is 5.11 Å². The Morgan fingerprint density at radius 2 is 1.78 bits per heavy atom. The number of carbonyl (C=O) groups is 2. The standard InChI is InChI=1S/C19H22N2O4S2/c1-6-13-11(3)27-16(15(13)18(23)25-5)21-19(26)20-14-9-12(17(22)24-4)8-7-10(14)2/h7-9H,6H2,1-5H3,(H2,20,21,26). The van der Waals surface area contributed by atoms with Gasteiger partial charge in [-0.1, -0.05) is 13.0 Å². The lowest BCUT2D eigenvalue weighted by atomic mass is 10.1. The minimum atomic E-state index is -0.425. The number of hydrogen-bond donors (Lipinski definition) is 2. The molecule has 6 nitrogen and oxygen atoms in total. The largest absolute Gasteiger partial charge is 0.465 e. The molecule has 0 bridgehead atoms. The molecule has 1 aromatic heterocycles. The Morgan fingerprint density at radius 3 is 2.37 bits per heavy atom. The first kappa shape index (κ1) is 20.9. The second-order valence-electron chi connectivity index (χ2n) is 5.79. The van der Waals surface area contributed by atoms with E-state index in [2.05, 4.69) is 10.6 Å². The summed E-state index contributed by atoms with van der Waals surface area (Å²) in [5.41, 5.74) is 3.47. The van der Waals surface area contributed by atoms with Gasteiger partial charge in [-0.15, -0.1) is 11.3 Å². The lowest BCUT2D eigenvalue weighted by molar-refractivity contribution is 0.0592. The van der Waals surface area contributed by atoms with E-state index in [1.165, 1.54) is 25.6 Å². The molecule has 0 unspecified atom stereocenters. The molecule has 1 heterocycles. The predicted molar refractivity (Wildman–Crippen MR) is 112 cm³/mol. The molecular formula is C19H22N2O4S2. The van der Waals surface area contributed by atoms with Crippen molar-refractivity contribution in [2.75, 3.05) is 24.9 Å². The lowest BCUT2D eigenvalue weighted by Crippen LogP contribution is -2.21. The SMILES string of the molecule is CCc1c(C)sc(NC(=S)Nc2cc(C(=O)OC)ccc2C)c1C(=O)OC. The van der Waals surface area contributed by atoms with Crippen LogP contribution in [0.5, 0.6) is 0 Å². The molecule has 0 aliphatic rings. The van der Waals surface area contributed by atoms with Crippen LogP contribution in [-0.2, 0) is 15.9 Å². The van der Waals surface area contributed by atoms with Gasteiger partial charge in [0, 0.05) is 10.6 Å². The molecule has 2 aromatic rings. The second kappa shape index (κ2) is 8.96. The fourth-order valence-electron chi connectivity index (χ4n) is 2.67. The summed E-state index contributed by atoms with van der Waals surface area (Å²) in [5.74, 6) is -0.822. The smallest absolute Gasteiger partial charge is 0.341 e. The molecule has 0 spiro atoms. The topological polar surface area (TPSA) is 76.7 Å². The summed E-state index contributed by atoms with van der Waals surface area (Å²) >= 11 is 6.85. The first-order chi connectivity index (χ1) is 12.8. The molecule has 27 heavy (non-hydrogen) atoms. The number of anilines is 2. The number of thiophene rings is 1. The number of carbonyl (C=O) groups excluding carboxylic acids is 2. The molecule has 0 amide bonds. The molecule has 0 atom stereocenters. The van der Waals surface area contributed by atoms with E-state index in [4.69, 9.17) is 21.7 Å². The zero-order chi connectivity index (χ0) is 20.1. The van der Waals surface area contributed by atoms with Gasteiger partial charge in [-0.05, 0) is 55.7 Å². The minimum Gasteiger partial charge on any atom is -0.465 e. The Balaban J connectivity index is 2.27. The summed E-state index contributed by atoms with van der Waals surface area (Å²) < 4.78 is 9.67. The van der Waals surface area contributed by atoms with Gasteiger partial charge in [0.1, 0.15) is 5.00 Å². The van der Waals surface area contributed by atoms with Crippen molar-refractivity contribution in [3.05, 3.63) is 45.3 Å². The van der Waals surface area contributed by atoms with Crippen LogP contribution in [0.3, 0.4) is 0 Å². The van der Waals surface area contributed by atoms with Crippen molar-refractivity contribution in [1.29, 1.82) is 0 Å². The average Bonchev–Trinajstić information content (AvgIpc) is 2.96. The number of benzene rings is 1. The highest BCUT2D eigenvalue weighted by Gasteiger charge is 2.22. The first-order valence-electron chi connectivity index (χ1n) is 8.29. The van der Waals surface area contributed by atoms with Crippen molar-refractivity contribution in [3.63, 3.8) is 0 Å². The monoisotopic (exact) mass is 406 g/mol. The van der Waals surface area contributed by atoms with E-state index in [9.17, 15) is 9.59 Å². The first-order valence-corrected chi connectivity index (χ1v) is 9.52.